The zero-order valence-corrected chi connectivity index (χ0v) is 24.2. The van der Waals surface area contributed by atoms with Gasteiger partial charge < -0.3 is 25.6 Å². The Morgan fingerprint density at radius 1 is 1.11 bits per heavy atom. The van der Waals surface area contributed by atoms with Crippen molar-refractivity contribution in [2.75, 3.05) is 13.2 Å². The fourth-order valence-electron chi connectivity index (χ4n) is 5.14. The van der Waals surface area contributed by atoms with Crippen LogP contribution in [0.15, 0.2) is 54.6 Å². The van der Waals surface area contributed by atoms with Gasteiger partial charge in [-0.1, -0.05) is 6.07 Å². The predicted molar refractivity (Wildman–Crippen MR) is 154 cm³/mol. The van der Waals surface area contributed by atoms with Gasteiger partial charge in [-0.05, 0) is 75.2 Å². The highest BCUT2D eigenvalue weighted by Crippen LogP contribution is 2.47. The van der Waals surface area contributed by atoms with E-state index < -0.39 is 47.1 Å². The number of pyridine rings is 2. The summed E-state index contributed by atoms with van der Waals surface area (Å²) < 4.78 is 69.6. The predicted octanol–water partition coefficient (Wildman–Crippen LogP) is 4.60. The number of nitrogens with zero attached hydrogens (tertiary/aromatic N) is 2. The Kier molecular flexibility index (Phi) is 7.18. The fourth-order valence-corrected chi connectivity index (χ4v) is 5.14. The molecule has 1 aliphatic carbocycles. The molecule has 2 aromatic carbocycles. The number of aromatic nitrogens is 2. The van der Waals surface area contributed by atoms with Crippen LogP contribution >= 0.6 is 0 Å². The first-order valence-electron chi connectivity index (χ1n) is 14.1. The van der Waals surface area contributed by atoms with Gasteiger partial charge in [0.05, 0.1) is 18.3 Å². The van der Waals surface area contributed by atoms with E-state index in [0.29, 0.717) is 16.7 Å². The van der Waals surface area contributed by atoms with E-state index in [1.165, 1.54) is 31.2 Å². The summed E-state index contributed by atoms with van der Waals surface area (Å²) in [5.41, 5.74) is 0.604. The standard InChI is InChI=1S/C32H28F4N4O5/c1-16-3-4-18-11-19(12-23(25(18)39-16)45-21-9-10-21)28(41)38-14-31(43,32(34,35)36)24-13-22-27(44-15-30(22,2)29(37)42)26(40-24)17-5-7-20(33)8-6-17/h3-8,11-13,21,43H,9-10,14-15H2,1-2H3,(H2,37,42)(H,38,41)/t30-,31-/m0/s1. The lowest BCUT2D eigenvalue weighted by Crippen LogP contribution is -2.51. The quantitative estimate of drug-likeness (QED) is 0.244. The molecule has 2 atom stereocenters. The van der Waals surface area contributed by atoms with Gasteiger partial charge in [0.25, 0.3) is 5.91 Å². The molecule has 4 aromatic rings. The zero-order valence-electron chi connectivity index (χ0n) is 24.2. The third kappa shape index (κ3) is 5.41. The number of primary amides is 1. The molecule has 0 bridgehead atoms. The molecule has 9 nitrogen and oxygen atoms in total. The lowest BCUT2D eigenvalue weighted by atomic mass is 9.81. The van der Waals surface area contributed by atoms with Crippen LogP contribution < -0.4 is 20.5 Å². The number of benzene rings is 2. The third-order valence-corrected chi connectivity index (χ3v) is 8.11. The molecule has 6 rings (SSSR count). The van der Waals surface area contributed by atoms with Crippen LogP contribution in [0, 0.1) is 12.7 Å². The first-order valence-corrected chi connectivity index (χ1v) is 14.1. The van der Waals surface area contributed by atoms with Gasteiger partial charge in [0.15, 0.2) is 0 Å². The van der Waals surface area contributed by atoms with Gasteiger partial charge in [-0.3, -0.25) is 9.59 Å². The van der Waals surface area contributed by atoms with Crippen LogP contribution in [0.5, 0.6) is 11.5 Å². The fraction of sp³-hybridized carbons (Fsp3) is 0.312. The van der Waals surface area contributed by atoms with Gasteiger partial charge in [0, 0.05) is 27.8 Å². The highest BCUT2D eigenvalue weighted by molar-refractivity contribution is 6.00. The molecular weight excluding hydrogens is 596 g/mol. The zero-order chi connectivity index (χ0) is 32.3. The minimum atomic E-state index is -5.35. The Labute approximate surface area is 254 Å². The Bertz CT molecular complexity index is 1840. The van der Waals surface area contributed by atoms with Gasteiger partial charge in [-0.2, -0.15) is 13.2 Å². The van der Waals surface area contributed by atoms with E-state index in [1.54, 1.807) is 19.1 Å². The maximum Gasteiger partial charge on any atom is 0.424 e. The average Bonchev–Trinajstić information content (AvgIpc) is 3.75. The van der Waals surface area contributed by atoms with Crippen molar-refractivity contribution in [2.24, 2.45) is 5.73 Å². The molecule has 234 valence electrons. The molecule has 1 aliphatic heterocycles. The summed E-state index contributed by atoms with van der Waals surface area (Å²) in [6.45, 7) is 1.57. The van der Waals surface area contributed by atoms with Crippen LogP contribution in [0.2, 0.25) is 0 Å². The molecule has 1 saturated carbocycles. The van der Waals surface area contributed by atoms with Crippen molar-refractivity contribution in [2.45, 2.75) is 50.0 Å². The highest BCUT2D eigenvalue weighted by atomic mass is 19.4. The number of amides is 2. The summed E-state index contributed by atoms with van der Waals surface area (Å²) in [6.07, 6.45) is -3.73. The Balaban J connectivity index is 1.40. The molecule has 1 fully saturated rings. The molecule has 3 heterocycles. The first-order chi connectivity index (χ1) is 21.2. The molecule has 45 heavy (non-hydrogen) atoms. The lowest BCUT2D eigenvalue weighted by molar-refractivity contribution is -0.265. The Morgan fingerprint density at radius 2 is 1.82 bits per heavy atom. The van der Waals surface area contributed by atoms with Gasteiger partial charge in [-0.25, -0.2) is 14.4 Å². The van der Waals surface area contributed by atoms with E-state index in [-0.39, 0.29) is 40.8 Å². The molecule has 0 radical (unpaired) electrons. The molecule has 2 aliphatic rings. The molecule has 0 spiro atoms. The SMILES string of the molecule is Cc1ccc2cc(C(=O)NC[C@](O)(c3cc4c(c(-c5ccc(F)cc5)n3)OC[C@]4(C)C(N)=O)C(F)(F)F)cc(OC3CC3)c2n1. The Hall–Kier alpha value is -4.78. The van der Waals surface area contributed by atoms with E-state index in [2.05, 4.69) is 15.3 Å². The van der Waals surface area contributed by atoms with Crippen molar-refractivity contribution in [3.63, 3.8) is 0 Å². The number of fused-ring (bicyclic) bond motifs is 2. The van der Waals surface area contributed by atoms with Crippen LogP contribution in [0.3, 0.4) is 0 Å². The number of nitrogens with two attached hydrogens (primary N) is 1. The molecule has 4 N–H and O–H groups in total. The third-order valence-electron chi connectivity index (χ3n) is 8.11. The highest BCUT2D eigenvalue weighted by Gasteiger charge is 2.57. The van der Waals surface area contributed by atoms with Crippen LogP contribution in [-0.2, 0) is 15.8 Å². The molecule has 0 unspecified atom stereocenters. The summed E-state index contributed by atoms with van der Waals surface area (Å²) in [4.78, 5) is 34.3. The minimum Gasteiger partial charge on any atom is -0.489 e. The number of nitrogens with one attached hydrogen (secondary N) is 1. The van der Waals surface area contributed by atoms with E-state index >= 15 is 0 Å². The van der Waals surface area contributed by atoms with E-state index in [4.69, 9.17) is 15.2 Å². The van der Waals surface area contributed by atoms with Crippen LogP contribution in [-0.4, -0.2) is 52.3 Å². The van der Waals surface area contributed by atoms with Crippen molar-refractivity contribution >= 4 is 22.7 Å². The number of hydrogen-bond acceptors (Lipinski definition) is 7. The maximum absolute atomic E-state index is 14.8. The number of carbonyl (C=O) groups excluding carboxylic acids is 2. The second-order valence-electron chi connectivity index (χ2n) is 11.6. The topological polar surface area (TPSA) is 137 Å². The molecule has 0 saturated heterocycles. The summed E-state index contributed by atoms with van der Waals surface area (Å²) in [5.74, 6) is -2.09. The minimum absolute atomic E-state index is 0.00283. The second kappa shape index (κ2) is 10.7. The van der Waals surface area contributed by atoms with E-state index in [9.17, 15) is 32.3 Å². The van der Waals surface area contributed by atoms with Crippen molar-refractivity contribution in [3.8, 4) is 22.8 Å². The number of alkyl halides is 3. The number of aliphatic hydroxyl groups is 1. The maximum atomic E-state index is 14.8. The number of rotatable bonds is 8. The van der Waals surface area contributed by atoms with Crippen molar-refractivity contribution in [1.82, 2.24) is 15.3 Å². The van der Waals surface area contributed by atoms with Gasteiger partial charge in [0.2, 0.25) is 11.5 Å². The molecular formula is C32H28F4N4O5. The monoisotopic (exact) mass is 624 g/mol. The normalized spacial score (nSPS) is 19.0. The van der Waals surface area contributed by atoms with Crippen LogP contribution in [0.4, 0.5) is 17.6 Å². The van der Waals surface area contributed by atoms with Gasteiger partial charge in [0.1, 0.15) is 40.5 Å². The summed E-state index contributed by atoms with van der Waals surface area (Å²) in [5, 5.41) is 14.0. The lowest BCUT2D eigenvalue weighted by Gasteiger charge is -2.31. The van der Waals surface area contributed by atoms with E-state index in [1.807, 2.05) is 0 Å². The van der Waals surface area contributed by atoms with Crippen molar-refractivity contribution in [1.29, 1.82) is 0 Å². The van der Waals surface area contributed by atoms with Crippen LogP contribution in [0.1, 0.15) is 47.1 Å². The number of hydrogen-bond donors (Lipinski definition) is 3. The Morgan fingerprint density at radius 3 is 2.47 bits per heavy atom. The first kappa shape index (κ1) is 30.3. The van der Waals surface area contributed by atoms with Crippen molar-refractivity contribution < 1.29 is 41.7 Å². The molecule has 2 aromatic heterocycles. The van der Waals surface area contributed by atoms with Crippen molar-refractivity contribution in [3.05, 3.63) is 82.9 Å². The van der Waals surface area contributed by atoms with Gasteiger partial charge in [-0.15, -0.1) is 0 Å². The number of halogens is 4. The average molecular weight is 625 g/mol. The second-order valence-corrected chi connectivity index (χ2v) is 11.6. The van der Waals surface area contributed by atoms with E-state index in [0.717, 1.165) is 36.7 Å². The number of ether oxygens (including phenoxy) is 2. The molecule has 13 heteroatoms. The molecule has 2 amide bonds. The number of carbonyl (C=O) groups is 2. The van der Waals surface area contributed by atoms with Crippen LogP contribution in [0.25, 0.3) is 22.2 Å². The smallest absolute Gasteiger partial charge is 0.424 e. The summed E-state index contributed by atoms with van der Waals surface area (Å²) in [6, 6.07) is 12.0. The summed E-state index contributed by atoms with van der Waals surface area (Å²) in [7, 11) is 0. The number of aryl methyl sites for hydroxylation is 1. The largest absolute Gasteiger partial charge is 0.489 e. The summed E-state index contributed by atoms with van der Waals surface area (Å²) >= 11 is 0. The van der Waals surface area contributed by atoms with Gasteiger partial charge >= 0.3 is 6.18 Å².